The van der Waals surface area contributed by atoms with E-state index >= 15 is 0 Å². The van der Waals surface area contributed by atoms with Gasteiger partial charge in [-0.15, -0.1) is 0 Å². The predicted molar refractivity (Wildman–Crippen MR) is 178 cm³/mol. The Morgan fingerprint density at radius 1 is 1.06 bits per heavy atom. The monoisotopic (exact) mass is 678 g/mol. The number of aliphatic carboxylic acids is 1. The summed E-state index contributed by atoms with van der Waals surface area (Å²) < 4.78 is 22.0. The van der Waals surface area contributed by atoms with E-state index in [1.807, 2.05) is 34.6 Å². The molecule has 0 aliphatic carbocycles. The minimum atomic E-state index is -1.26. The van der Waals surface area contributed by atoms with Gasteiger partial charge in [0, 0.05) is 32.4 Å². The summed E-state index contributed by atoms with van der Waals surface area (Å²) in [6, 6.07) is 3.84. The van der Waals surface area contributed by atoms with Crippen molar-refractivity contribution in [3.05, 3.63) is 23.8 Å². The molecule has 0 radical (unpaired) electrons. The zero-order valence-electron chi connectivity index (χ0n) is 28.8. The Bertz CT molecular complexity index is 1270. The molecule has 1 saturated heterocycles. The molecular weight excluding hydrogens is 627 g/mol. The molecule has 268 valence electrons. The van der Waals surface area contributed by atoms with Gasteiger partial charge in [-0.3, -0.25) is 19.2 Å². The van der Waals surface area contributed by atoms with Gasteiger partial charge in [-0.05, 0) is 71.6 Å². The van der Waals surface area contributed by atoms with Crippen molar-refractivity contribution in [2.45, 2.75) is 110 Å². The van der Waals surface area contributed by atoms with Crippen molar-refractivity contribution in [1.29, 1.82) is 0 Å². The van der Waals surface area contributed by atoms with Gasteiger partial charge in [0.1, 0.15) is 12.4 Å². The minimum Gasteiger partial charge on any atom is -0.479 e. The Kier molecular flexibility index (Phi) is 15.8. The van der Waals surface area contributed by atoms with Crippen LogP contribution < -0.4 is 26.4 Å². The van der Waals surface area contributed by atoms with E-state index in [0.29, 0.717) is 31.4 Å². The van der Waals surface area contributed by atoms with Gasteiger partial charge in [0.25, 0.3) is 0 Å². The second kappa shape index (κ2) is 18.7. The molecule has 15 nitrogen and oxygen atoms in total. The van der Waals surface area contributed by atoms with E-state index in [4.69, 9.17) is 24.7 Å². The lowest BCUT2D eigenvalue weighted by Crippen LogP contribution is -2.42. The lowest BCUT2D eigenvalue weighted by molar-refractivity contribution is -0.195. The molecule has 1 aliphatic rings. The standard InChI is InChI=1S/C32H51BN4O11/c1-31(2,3)46-18-32(4,5)29(43)36-12-7-6-8-21(34)27(40)35-13-11-25(39)37-22-14-19(17-45-30(33)44)9-10-23(22)47-26-16-20(38)15-24(48-26)28(41)42/h9-10,14,20-21,24,26,38H,6-8,11-13,15-18,33-34H2,1-5H3,(H,35,40)(H,36,43)(H,37,39)(H,41,42). The van der Waals surface area contributed by atoms with Crippen LogP contribution in [0.5, 0.6) is 5.75 Å². The van der Waals surface area contributed by atoms with Crippen LogP contribution in [-0.4, -0.2) is 97.5 Å². The quantitative estimate of drug-likeness (QED) is 0.0951. The van der Waals surface area contributed by atoms with Gasteiger partial charge in [0.05, 0.1) is 35.5 Å². The van der Waals surface area contributed by atoms with E-state index in [-0.39, 0.29) is 62.0 Å². The average Bonchev–Trinajstić information content (AvgIpc) is 2.99. The highest BCUT2D eigenvalue weighted by Gasteiger charge is 2.34. The van der Waals surface area contributed by atoms with E-state index in [2.05, 4.69) is 16.0 Å². The molecule has 1 heterocycles. The Hall–Kier alpha value is -3.73. The molecule has 48 heavy (non-hydrogen) atoms. The van der Waals surface area contributed by atoms with Crippen molar-refractivity contribution in [3.63, 3.8) is 0 Å². The number of nitrogens with two attached hydrogens (primary N) is 1. The van der Waals surface area contributed by atoms with E-state index in [0.717, 1.165) is 0 Å². The van der Waals surface area contributed by atoms with Crippen molar-refractivity contribution in [1.82, 2.24) is 10.6 Å². The summed E-state index contributed by atoms with van der Waals surface area (Å²) in [5, 5.41) is 27.6. The van der Waals surface area contributed by atoms with E-state index in [1.165, 1.54) is 20.0 Å². The Balaban J connectivity index is 1.83. The number of amides is 3. The number of unbranched alkanes of at least 4 members (excludes halogenated alkanes) is 1. The molecule has 0 saturated carbocycles. The summed E-state index contributed by atoms with van der Waals surface area (Å²) in [7, 11) is 1.26. The molecule has 1 fully saturated rings. The molecule has 7 N–H and O–H groups in total. The van der Waals surface area contributed by atoms with E-state index in [9.17, 15) is 34.2 Å². The maximum atomic E-state index is 12.8. The zero-order chi connectivity index (χ0) is 36.1. The number of ether oxygens (including phenoxy) is 4. The van der Waals surface area contributed by atoms with Crippen LogP contribution in [-0.2, 0) is 40.0 Å². The number of carbonyl (C=O) groups is 5. The van der Waals surface area contributed by atoms with Crippen molar-refractivity contribution in [3.8, 4) is 5.75 Å². The summed E-state index contributed by atoms with van der Waals surface area (Å²) in [5.41, 5.74) is 5.73. The van der Waals surface area contributed by atoms with Gasteiger partial charge in [-0.25, -0.2) is 4.79 Å². The molecule has 4 unspecified atom stereocenters. The van der Waals surface area contributed by atoms with Crippen LogP contribution in [0.3, 0.4) is 0 Å². The number of benzene rings is 1. The highest BCUT2D eigenvalue weighted by Crippen LogP contribution is 2.31. The normalized spacial score (nSPS) is 18.7. The fourth-order valence-electron chi connectivity index (χ4n) is 4.46. The smallest absolute Gasteiger partial charge is 0.333 e. The maximum Gasteiger partial charge on any atom is 0.333 e. The predicted octanol–water partition coefficient (Wildman–Crippen LogP) is 1.19. The number of carboxylic acids is 1. The van der Waals surface area contributed by atoms with Crippen LogP contribution in [0.1, 0.15) is 78.7 Å². The van der Waals surface area contributed by atoms with Crippen molar-refractivity contribution >= 4 is 43.1 Å². The molecule has 1 aromatic carbocycles. The molecule has 0 aromatic heterocycles. The molecule has 2 rings (SSSR count). The molecule has 4 atom stereocenters. The number of anilines is 1. The largest absolute Gasteiger partial charge is 0.479 e. The van der Waals surface area contributed by atoms with Gasteiger partial charge in [-0.1, -0.05) is 6.07 Å². The molecule has 3 amide bonds. The lowest BCUT2D eigenvalue weighted by Gasteiger charge is -2.31. The van der Waals surface area contributed by atoms with Gasteiger partial charge in [0.2, 0.25) is 37.7 Å². The number of aliphatic hydroxyl groups excluding tert-OH is 1. The number of hydrogen-bond donors (Lipinski definition) is 6. The third-order valence-electron chi connectivity index (χ3n) is 7.26. The first kappa shape index (κ1) is 40.4. The van der Waals surface area contributed by atoms with Crippen molar-refractivity contribution in [2.24, 2.45) is 11.1 Å². The fourth-order valence-corrected chi connectivity index (χ4v) is 4.46. The highest BCUT2D eigenvalue weighted by molar-refractivity contribution is 6.55. The summed E-state index contributed by atoms with van der Waals surface area (Å²) in [6.45, 7) is 10.1. The van der Waals surface area contributed by atoms with Crippen molar-refractivity contribution < 1.29 is 53.1 Å². The van der Waals surface area contributed by atoms with Gasteiger partial charge in [0.15, 0.2) is 6.10 Å². The fraction of sp³-hybridized carbons (Fsp3) is 0.656. The third-order valence-corrected chi connectivity index (χ3v) is 7.26. The molecular formula is C32H51BN4O11. The number of carbonyl (C=O) groups excluding carboxylic acids is 4. The first-order valence-electron chi connectivity index (χ1n) is 16.1. The first-order valence-corrected chi connectivity index (χ1v) is 16.1. The van der Waals surface area contributed by atoms with Crippen molar-refractivity contribution in [2.75, 3.05) is 25.0 Å². The average molecular weight is 679 g/mol. The topological polar surface area (TPSA) is 225 Å². The molecule has 1 aliphatic heterocycles. The SMILES string of the molecule is BC(=O)OCc1ccc(OC2CC(O)CC(C(=O)O)O2)c(NC(=O)CCNC(=O)C(N)CCCCNC(=O)C(C)(C)COC(C)(C)C)c1. The second-order valence-corrected chi connectivity index (χ2v) is 13.5. The second-order valence-electron chi connectivity index (χ2n) is 13.5. The lowest BCUT2D eigenvalue weighted by atomic mass is 9.93. The number of aliphatic hydroxyl groups is 1. The molecule has 16 heteroatoms. The Labute approximate surface area is 282 Å². The number of hydrogen-bond acceptors (Lipinski definition) is 11. The summed E-state index contributed by atoms with van der Waals surface area (Å²) in [6.07, 6.45) is -1.86. The van der Waals surface area contributed by atoms with Gasteiger partial charge >= 0.3 is 5.97 Å². The van der Waals surface area contributed by atoms with Gasteiger partial charge in [-0.2, -0.15) is 0 Å². The first-order chi connectivity index (χ1) is 22.4. The van der Waals surface area contributed by atoms with Crippen LogP contribution in [0.2, 0.25) is 0 Å². The van der Waals surface area contributed by atoms with Gasteiger partial charge < -0.3 is 50.8 Å². The number of carboxylic acid groups (broad SMARTS) is 1. The van der Waals surface area contributed by atoms with Crippen LogP contribution in [0, 0.1) is 5.41 Å². The highest BCUT2D eigenvalue weighted by atomic mass is 16.7. The van der Waals surface area contributed by atoms with Crippen LogP contribution >= 0.6 is 0 Å². The van der Waals surface area contributed by atoms with Crippen LogP contribution in [0.15, 0.2) is 18.2 Å². The Morgan fingerprint density at radius 2 is 1.77 bits per heavy atom. The van der Waals surface area contributed by atoms with E-state index < -0.39 is 53.6 Å². The summed E-state index contributed by atoms with van der Waals surface area (Å²) >= 11 is 0. The molecule has 0 bridgehead atoms. The van der Waals surface area contributed by atoms with Crippen LogP contribution in [0.4, 0.5) is 10.5 Å². The third kappa shape index (κ3) is 15.0. The zero-order valence-corrected chi connectivity index (χ0v) is 28.8. The molecule has 1 aromatic rings. The summed E-state index contributed by atoms with van der Waals surface area (Å²) in [5.74, 6) is -2.59. The minimum absolute atomic E-state index is 0.00168. The Morgan fingerprint density at radius 3 is 2.42 bits per heavy atom. The summed E-state index contributed by atoms with van der Waals surface area (Å²) in [4.78, 5) is 60.5. The number of nitrogens with one attached hydrogen (secondary N) is 3. The molecule has 0 spiro atoms. The van der Waals surface area contributed by atoms with Crippen LogP contribution in [0.25, 0.3) is 0 Å². The maximum absolute atomic E-state index is 12.8. The van der Waals surface area contributed by atoms with E-state index in [1.54, 1.807) is 6.07 Å². The number of rotatable bonds is 18.